The molecular formula is C10H14N2O2. The number of nitrogens with one attached hydrogen (secondary N) is 1. The molecule has 1 heterocycles. The highest BCUT2D eigenvalue weighted by atomic mass is 16.7. The fourth-order valence-electron chi connectivity index (χ4n) is 1.64. The second kappa shape index (κ2) is 3.04. The third kappa shape index (κ3) is 1.53. The lowest BCUT2D eigenvalue weighted by Crippen LogP contribution is -2.45. The first kappa shape index (κ1) is 9.62. The van der Waals surface area contributed by atoms with Crippen molar-refractivity contribution in [3.05, 3.63) is 17.7 Å². The van der Waals surface area contributed by atoms with Crippen LogP contribution in [0.1, 0.15) is 20.8 Å². The predicted octanol–water partition coefficient (Wildman–Crippen LogP) is 0.602. The summed E-state index contributed by atoms with van der Waals surface area (Å²) in [5.41, 5.74) is 3.51. The van der Waals surface area contributed by atoms with Crippen molar-refractivity contribution in [2.45, 2.75) is 38.5 Å². The molecule has 0 aromatic rings. The zero-order chi connectivity index (χ0) is 10.3. The molecule has 0 amide bonds. The fraction of sp³-hybridized carbons (Fsp3) is 0.600. The van der Waals surface area contributed by atoms with Gasteiger partial charge in [0.1, 0.15) is 12.0 Å². The van der Waals surface area contributed by atoms with Gasteiger partial charge in [0.05, 0.1) is 17.2 Å². The van der Waals surface area contributed by atoms with Gasteiger partial charge >= 0.3 is 0 Å². The summed E-state index contributed by atoms with van der Waals surface area (Å²) in [6.07, 6.45) is 3.90. The first-order valence-corrected chi connectivity index (χ1v) is 4.69. The molecule has 0 spiro atoms. The summed E-state index contributed by atoms with van der Waals surface area (Å²) < 4.78 is 0. The largest absolute Gasteiger partial charge is 0.277 e. The maximum atomic E-state index is 10.7. The Balaban J connectivity index is 2.13. The third-order valence-electron chi connectivity index (χ3n) is 2.15. The van der Waals surface area contributed by atoms with Crippen molar-refractivity contribution in [3.8, 4) is 0 Å². The van der Waals surface area contributed by atoms with E-state index in [-0.39, 0.29) is 17.7 Å². The number of rotatable bonds is 1. The van der Waals surface area contributed by atoms with E-state index < -0.39 is 0 Å². The molecule has 2 bridgehead atoms. The first-order valence-electron chi connectivity index (χ1n) is 4.69. The van der Waals surface area contributed by atoms with Crippen LogP contribution in [0.2, 0.25) is 0 Å². The molecule has 1 aliphatic carbocycles. The maximum absolute atomic E-state index is 10.7. The normalized spacial score (nSPS) is 31.2. The van der Waals surface area contributed by atoms with Gasteiger partial charge in [0.15, 0.2) is 0 Å². The van der Waals surface area contributed by atoms with Crippen molar-refractivity contribution in [2.75, 3.05) is 0 Å². The lowest BCUT2D eigenvalue weighted by atomic mass is 10.1. The van der Waals surface area contributed by atoms with E-state index in [4.69, 9.17) is 4.84 Å². The number of nitrogens with zero attached hydrogens (tertiary/aromatic N) is 1. The van der Waals surface area contributed by atoms with Crippen molar-refractivity contribution in [3.63, 3.8) is 0 Å². The molecule has 1 aliphatic heterocycles. The summed E-state index contributed by atoms with van der Waals surface area (Å²) in [5.74, 6) is 1.96. The molecule has 1 N–H and O–H groups in total. The highest BCUT2D eigenvalue weighted by molar-refractivity contribution is 5.62. The molecule has 1 saturated heterocycles. The van der Waals surface area contributed by atoms with E-state index in [1.54, 1.807) is 5.17 Å². The van der Waals surface area contributed by atoms with Crippen LogP contribution in [0, 0.1) is 0 Å². The van der Waals surface area contributed by atoms with Gasteiger partial charge < -0.3 is 0 Å². The van der Waals surface area contributed by atoms with Crippen LogP contribution in [0.5, 0.6) is 0 Å². The lowest BCUT2D eigenvalue weighted by molar-refractivity contribution is -0.256. The number of carbonyl (C=O) groups excluding carboxylic acids is 1. The molecule has 2 rings (SSSR count). The highest BCUT2D eigenvalue weighted by Gasteiger charge is 2.41. The van der Waals surface area contributed by atoms with Gasteiger partial charge in [-0.05, 0) is 20.8 Å². The van der Waals surface area contributed by atoms with E-state index >= 15 is 0 Å². The number of hydroxylamine groups is 1. The standard InChI is InChI=1S/C10H14N2O2/c1-10(2,3)14-12-9-5-4-8(11-12)7(9)6-13/h4-5,8-9,11H,1-3H3. The Hall–Kier alpha value is -0.930. The number of hydrogen-bond donors (Lipinski definition) is 1. The highest BCUT2D eigenvalue weighted by Crippen LogP contribution is 2.29. The number of hydrazine groups is 1. The zero-order valence-corrected chi connectivity index (χ0v) is 8.57. The molecule has 76 valence electrons. The van der Waals surface area contributed by atoms with Crippen LogP contribution in [-0.2, 0) is 9.63 Å². The van der Waals surface area contributed by atoms with E-state index in [0.29, 0.717) is 5.57 Å². The summed E-state index contributed by atoms with van der Waals surface area (Å²) in [5, 5.41) is 1.63. The second-order valence-electron chi connectivity index (χ2n) is 4.52. The van der Waals surface area contributed by atoms with Crippen molar-refractivity contribution in [2.24, 2.45) is 0 Å². The number of hydrogen-bond acceptors (Lipinski definition) is 4. The van der Waals surface area contributed by atoms with Crippen LogP contribution in [-0.4, -0.2) is 28.8 Å². The van der Waals surface area contributed by atoms with Gasteiger partial charge in [0.2, 0.25) is 0 Å². The van der Waals surface area contributed by atoms with Gasteiger partial charge in [-0.2, -0.15) is 0 Å². The summed E-state index contributed by atoms with van der Waals surface area (Å²) in [6.45, 7) is 5.90. The minimum atomic E-state index is -0.265. The summed E-state index contributed by atoms with van der Waals surface area (Å²) >= 11 is 0. The van der Waals surface area contributed by atoms with Crippen LogP contribution in [0.3, 0.4) is 0 Å². The molecule has 0 aromatic heterocycles. The van der Waals surface area contributed by atoms with Crippen molar-refractivity contribution in [1.29, 1.82) is 0 Å². The van der Waals surface area contributed by atoms with Gasteiger partial charge in [0, 0.05) is 0 Å². The fourth-order valence-corrected chi connectivity index (χ4v) is 1.64. The Labute approximate surface area is 83.1 Å². The SMILES string of the molecule is CC(C)(C)ON1NC2C=CC1C2=C=O. The van der Waals surface area contributed by atoms with Crippen LogP contribution in [0.25, 0.3) is 0 Å². The molecule has 0 radical (unpaired) electrons. The zero-order valence-electron chi connectivity index (χ0n) is 8.57. The summed E-state index contributed by atoms with van der Waals surface area (Å²) in [6, 6.07) is -0.114. The average Bonchev–Trinajstić information content (AvgIpc) is 2.56. The Morgan fingerprint density at radius 1 is 1.50 bits per heavy atom. The van der Waals surface area contributed by atoms with Crippen LogP contribution < -0.4 is 5.43 Å². The molecule has 4 nitrogen and oxygen atoms in total. The molecule has 2 atom stereocenters. The topological polar surface area (TPSA) is 41.6 Å². The Bertz CT molecular complexity index is 324. The molecule has 0 aromatic carbocycles. The van der Waals surface area contributed by atoms with Crippen molar-refractivity contribution < 1.29 is 9.63 Å². The lowest BCUT2D eigenvalue weighted by Gasteiger charge is -2.30. The molecule has 0 saturated carbocycles. The summed E-state index contributed by atoms with van der Waals surface area (Å²) in [7, 11) is 0. The van der Waals surface area contributed by atoms with Crippen LogP contribution in [0.15, 0.2) is 17.7 Å². The Morgan fingerprint density at radius 2 is 2.21 bits per heavy atom. The van der Waals surface area contributed by atoms with E-state index in [2.05, 4.69) is 5.43 Å². The first-order chi connectivity index (χ1) is 6.51. The van der Waals surface area contributed by atoms with Gasteiger partial charge in [-0.25, -0.2) is 10.2 Å². The average molecular weight is 194 g/mol. The molecular weight excluding hydrogens is 180 g/mol. The smallest absolute Gasteiger partial charge is 0.127 e. The van der Waals surface area contributed by atoms with Gasteiger partial charge in [-0.15, -0.1) is 5.17 Å². The van der Waals surface area contributed by atoms with E-state index in [1.165, 1.54) is 0 Å². The Kier molecular flexibility index (Phi) is 2.09. The van der Waals surface area contributed by atoms with E-state index in [0.717, 1.165) is 0 Å². The van der Waals surface area contributed by atoms with E-state index in [9.17, 15) is 4.79 Å². The minimum absolute atomic E-state index is 0.0279. The maximum Gasteiger partial charge on any atom is 0.127 e. The van der Waals surface area contributed by atoms with E-state index in [1.807, 2.05) is 38.9 Å². The minimum Gasteiger partial charge on any atom is -0.277 e. The molecule has 1 fully saturated rings. The second-order valence-corrected chi connectivity index (χ2v) is 4.52. The van der Waals surface area contributed by atoms with Crippen LogP contribution >= 0.6 is 0 Å². The monoisotopic (exact) mass is 194 g/mol. The predicted molar refractivity (Wildman–Crippen MR) is 51.7 cm³/mol. The number of fused-ring (bicyclic) bond motifs is 2. The van der Waals surface area contributed by atoms with Crippen molar-refractivity contribution in [1.82, 2.24) is 10.6 Å². The van der Waals surface area contributed by atoms with Crippen LogP contribution in [0.4, 0.5) is 0 Å². The molecule has 4 heteroatoms. The quantitative estimate of drug-likeness (QED) is 0.490. The van der Waals surface area contributed by atoms with Gasteiger partial charge in [-0.3, -0.25) is 4.84 Å². The van der Waals surface area contributed by atoms with Gasteiger partial charge in [0.25, 0.3) is 0 Å². The Morgan fingerprint density at radius 3 is 2.71 bits per heavy atom. The molecule has 14 heavy (non-hydrogen) atoms. The third-order valence-corrected chi connectivity index (χ3v) is 2.15. The van der Waals surface area contributed by atoms with Crippen molar-refractivity contribution >= 4 is 5.94 Å². The van der Waals surface area contributed by atoms with Gasteiger partial charge in [-0.1, -0.05) is 12.2 Å². The summed E-state index contributed by atoms with van der Waals surface area (Å²) in [4.78, 5) is 16.3. The molecule has 2 aliphatic rings. The molecule has 2 unspecified atom stereocenters.